The second-order valence-corrected chi connectivity index (χ2v) is 25.3. The van der Waals surface area contributed by atoms with E-state index >= 15 is 0 Å². The molecule has 3 aromatic rings. The minimum absolute atomic E-state index is 0.244. The molecule has 1 aliphatic heterocycles. The molecule has 1 unspecified atom stereocenters. The molecule has 1 aliphatic rings. The molecular formula is C18H18I4N2OS2. The van der Waals surface area contributed by atoms with Gasteiger partial charge in [-0.3, -0.25) is 0 Å². The number of rotatable bonds is 4. The van der Waals surface area contributed by atoms with E-state index in [1.807, 2.05) is 0 Å². The van der Waals surface area contributed by atoms with Crippen LogP contribution in [0.2, 0.25) is 0 Å². The Bertz CT molecular complexity index is 921. The average Bonchev–Trinajstić information content (AvgIpc) is 3.22. The van der Waals surface area contributed by atoms with Crippen LogP contribution in [-0.4, -0.2) is 15.5 Å². The molecule has 0 saturated carbocycles. The van der Waals surface area contributed by atoms with Crippen molar-refractivity contribution in [3.05, 3.63) is 46.3 Å². The second-order valence-electron chi connectivity index (χ2n) is 6.00. The van der Waals surface area contributed by atoms with Gasteiger partial charge in [-0.15, -0.1) is 0 Å². The molecule has 4 rings (SSSR count). The van der Waals surface area contributed by atoms with Gasteiger partial charge in [0.1, 0.15) is 18.0 Å². The Morgan fingerprint density at radius 1 is 1.30 bits per heavy atom. The zero-order chi connectivity index (χ0) is 19.4. The van der Waals surface area contributed by atoms with Crippen molar-refractivity contribution in [3.63, 3.8) is 0 Å². The van der Waals surface area contributed by atoms with Crippen molar-refractivity contribution >= 4 is 93.1 Å². The van der Waals surface area contributed by atoms with Gasteiger partial charge in [0.2, 0.25) is 4.83 Å². The molecular weight excluding hydrogens is 832 g/mol. The van der Waals surface area contributed by atoms with Gasteiger partial charge in [0, 0.05) is 15.1 Å². The molecule has 0 spiro atoms. The molecule has 0 N–H and O–H groups in total. The Hall–Kier alpha value is 1.33. The van der Waals surface area contributed by atoms with Crippen LogP contribution in [-0.2, 0) is 12.3 Å². The van der Waals surface area contributed by atoms with Crippen LogP contribution in [0.4, 0.5) is 0 Å². The van der Waals surface area contributed by atoms with Gasteiger partial charge in [0.05, 0.1) is 0 Å². The van der Waals surface area contributed by atoms with E-state index < -0.39 is 0 Å². The summed E-state index contributed by atoms with van der Waals surface area (Å²) in [6.45, 7) is 5.24. The van der Waals surface area contributed by atoms with Crippen molar-refractivity contribution in [2.24, 2.45) is 0 Å². The first kappa shape index (κ1) is 23.0. The van der Waals surface area contributed by atoms with Gasteiger partial charge in [-0.2, -0.15) is 4.57 Å². The van der Waals surface area contributed by atoms with Gasteiger partial charge < -0.3 is 4.74 Å². The number of benzene rings is 1. The predicted octanol–water partition coefficient (Wildman–Crippen LogP) is 3.46. The summed E-state index contributed by atoms with van der Waals surface area (Å²) >= 11 is 11.3. The van der Waals surface area contributed by atoms with Crippen molar-refractivity contribution < 1.29 is 22.6 Å². The van der Waals surface area contributed by atoms with Gasteiger partial charge in [-0.05, 0) is 41.7 Å². The average molecular weight is 850 g/mol. The predicted molar refractivity (Wildman–Crippen MR) is 137 cm³/mol. The molecule has 27 heavy (non-hydrogen) atoms. The summed E-state index contributed by atoms with van der Waals surface area (Å²) in [5.41, 5.74) is 2.63. The maximum atomic E-state index is 6.27. The standard InChI is InChI=1S/C18H18IN2OS2.I3/c1-11-12(2)24-16-15(11)17-21(9-14(8-19)22-17)18(20-16)23-10-13-6-4-3-5-7-13;1-3-2/h3-7,14H,8-10H2,1-2H3;/q+1;-1. The molecule has 3 heterocycles. The van der Waals surface area contributed by atoms with E-state index in [0.717, 1.165) is 32.6 Å². The minimum atomic E-state index is 0.244. The van der Waals surface area contributed by atoms with Crippen molar-refractivity contribution in [2.45, 2.75) is 37.4 Å². The molecule has 2 aromatic heterocycles. The van der Waals surface area contributed by atoms with E-state index in [0.29, 0.717) is 13.3 Å². The summed E-state index contributed by atoms with van der Waals surface area (Å²) in [4.78, 5) is 7.40. The van der Waals surface area contributed by atoms with Gasteiger partial charge >= 0.3 is 55.6 Å². The summed E-state index contributed by atoms with van der Waals surface area (Å²) in [5.74, 6) is 1.94. The molecule has 1 aromatic carbocycles. The van der Waals surface area contributed by atoms with E-state index in [9.17, 15) is 0 Å². The van der Waals surface area contributed by atoms with Crippen LogP contribution in [0, 0.1) is 13.8 Å². The molecule has 0 radical (unpaired) electrons. The zero-order valence-corrected chi connectivity index (χ0v) is 25.0. The molecule has 9 heteroatoms. The number of aryl methyl sites for hydroxylation is 2. The summed E-state index contributed by atoms with van der Waals surface area (Å²) < 4.78 is 9.53. The molecule has 3 nitrogen and oxygen atoms in total. The van der Waals surface area contributed by atoms with Gasteiger partial charge in [0.15, 0.2) is 0 Å². The number of nitrogens with zero attached hydrogens (tertiary/aromatic N) is 2. The molecule has 0 saturated heterocycles. The Balaban J connectivity index is 0.000000659. The summed E-state index contributed by atoms with van der Waals surface area (Å²) in [5, 5.41) is 2.27. The number of ether oxygens (including phenoxy) is 1. The Morgan fingerprint density at radius 3 is 2.67 bits per heavy atom. The van der Waals surface area contributed by atoms with Crippen molar-refractivity contribution in [2.75, 3.05) is 4.43 Å². The maximum absolute atomic E-state index is 6.27. The number of alkyl halides is 1. The third-order valence-electron chi connectivity index (χ3n) is 4.30. The topological polar surface area (TPSA) is 26.0 Å². The van der Waals surface area contributed by atoms with Crippen LogP contribution in [0.5, 0.6) is 5.88 Å². The zero-order valence-electron chi connectivity index (χ0n) is 14.7. The fourth-order valence-electron chi connectivity index (χ4n) is 2.90. The second kappa shape index (κ2) is 11.1. The first-order valence-corrected chi connectivity index (χ1v) is 24.1. The van der Waals surface area contributed by atoms with Gasteiger partial charge in [-0.1, -0.05) is 64.3 Å². The summed E-state index contributed by atoms with van der Waals surface area (Å²) in [7, 11) is 0. The Labute approximate surface area is 211 Å². The van der Waals surface area contributed by atoms with E-state index in [1.165, 1.54) is 21.4 Å². The van der Waals surface area contributed by atoms with Gasteiger partial charge in [0.25, 0.3) is 5.88 Å². The third-order valence-corrected chi connectivity index (χ3v) is 7.43. The van der Waals surface area contributed by atoms with E-state index in [1.54, 1.807) is 23.1 Å². The van der Waals surface area contributed by atoms with Crippen LogP contribution in [0.3, 0.4) is 0 Å². The summed E-state index contributed by atoms with van der Waals surface area (Å²) in [6.07, 6.45) is 0.244. The normalized spacial score (nSPS) is 15.4. The number of halogens is 4. The number of thioether (sulfide) groups is 1. The number of hydrogen-bond donors (Lipinski definition) is 0. The fraction of sp³-hybridized carbons (Fsp3) is 0.333. The molecule has 0 bridgehead atoms. The van der Waals surface area contributed by atoms with E-state index in [-0.39, 0.29) is 6.10 Å². The quantitative estimate of drug-likeness (QED) is 0.133. The monoisotopic (exact) mass is 850 g/mol. The van der Waals surface area contributed by atoms with Crippen LogP contribution >= 0.6 is 82.9 Å². The number of fused-ring (bicyclic) bond motifs is 3. The molecule has 146 valence electrons. The Morgan fingerprint density at radius 2 is 2.00 bits per heavy atom. The number of aromatic nitrogens is 2. The van der Waals surface area contributed by atoms with Crippen molar-refractivity contribution in [3.8, 4) is 5.88 Å². The van der Waals surface area contributed by atoms with Gasteiger partial charge in [-0.25, -0.2) is 0 Å². The van der Waals surface area contributed by atoms with Crippen LogP contribution in [0.15, 0.2) is 35.5 Å². The molecule has 0 fully saturated rings. The molecule has 1 atom stereocenters. The van der Waals surface area contributed by atoms with Crippen LogP contribution in [0.1, 0.15) is 16.0 Å². The number of thiophene rings is 1. The van der Waals surface area contributed by atoms with E-state index in [4.69, 9.17) is 9.72 Å². The summed E-state index contributed by atoms with van der Waals surface area (Å²) in [6, 6.07) is 10.6. The molecule has 0 aliphatic carbocycles. The van der Waals surface area contributed by atoms with Crippen LogP contribution < -0.4 is 22.6 Å². The third kappa shape index (κ3) is 5.53. The first-order chi connectivity index (χ1) is 13.1. The number of hydrogen-bond acceptors (Lipinski definition) is 4. The fourth-order valence-corrected chi connectivity index (χ4v) is 5.40. The SMILES string of the molecule is Cc1sc2nc(SCc3ccccc3)[n+]3c(c2c1C)OC(CI)C3.I[I-]I. The van der Waals surface area contributed by atoms with E-state index in [2.05, 4.69) is 109 Å². The van der Waals surface area contributed by atoms with Crippen molar-refractivity contribution in [1.29, 1.82) is 0 Å². The van der Waals surface area contributed by atoms with Crippen LogP contribution in [0.25, 0.3) is 10.2 Å². The molecule has 0 amide bonds. The Kier molecular flexibility index (Phi) is 9.45. The van der Waals surface area contributed by atoms with Crippen molar-refractivity contribution in [1.82, 2.24) is 4.98 Å². The first-order valence-electron chi connectivity index (χ1n) is 8.19.